The smallest absolute Gasteiger partial charge is 0.197 e. The highest BCUT2D eigenvalue weighted by molar-refractivity contribution is 7.84. The van der Waals surface area contributed by atoms with Gasteiger partial charge in [0, 0.05) is 31.9 Å². The molecule has 0 spiro atoms. The van der Waals surface area contributed by atoms with Crippen molar-refractivity contribution in [2.75, 3.05) is 20.3 Å². The first kappa shape index (κ1) is 15.0. The fraction of sp³-hybridized carbons (Fsp3) is 0.333. The van der Waals surface area contributed by atoms with Gasteiger partial charge in [-0.3, -0.25) is 9.19 Å². The van der Waals surface area contributed by atoms with Crippen molar-refractivity contribution in [3.63, 3.8) is 0 Å². The van der Waals surface area contributed by atoms with E-state index in [2.05, 4.69) is 15.0 Å². The first-order valence-electron chi connectivity index (χ1n) is 8.85. The molecule has 1 atom stereocenters. The highest BCUT2D eigenvalue weighted by Crippen LogP contribution is 2.22. The Kier molecular flexibility index (Phi) is 4.95. The highest BCUT2D eigenvalue weighted by atomic mass is 32.2. The van der Waals surface area contributed by atoms with Crippen LogP contribution in [0.5, 0.6) is 5.75 Å². The number of methoxy groups -OCH3 is 1. The molecule has 0 amide bonds. The van der Waals surface area contributed by atoms with Gasteiger partial charge >= 0.3 is 0 Å². The average Bonchev–Trinajstić information content (AvgIpc) is 3.07. The van der Waals surface area contributed by atoms with E-state index in [4.69, 9.17) is 12.2 Å². The summed E-state index contributed by atoms with van der Waals surface area (Å²) in [6, 6.07) is 9.10. The Morgan fingerprint density at radius 3 is 2.96 bits per heavy atom. The van der Waals surface area contributed by atoms with E-state index in [0.717, 1.165) is 11.0 Å². The lowest BCUT2D eigenvalue weighted by Gasteiger charge is -2.11. The van der Waals surface area contributed by atoms with Crippen LogP contribution in [0.25, 0.3) is 11.0 Å². The van der Waals surface area contributed by atoms with Gasteiger partial charge in [-0.25, -0.2) is 4.98 Å². The summed E-state index contributed by atoms with van der Waals surface area (Å²) >= 11 is 0. The number of ether oxygens (including phenoxy) is 2. The van der Waals surface area contributed by atoms with E-state index in [1.165, 1.54) is 13.3 Å². The van der Waals surface area contributed by atoms with E-state index in [9.17, 15) is 4.21 Å². The van der Waals surface area contributed by atoms with Crippen LogP contribution in [0.4, 0.5) is 0 Å². The summed E-state index contributed by atoms with van der Waals surface area (Å²) in [7, 11) is 0.101. The third kappa shape index (κ3) is 4.24. The number of nitrogens with zero attached hydrogens (tertiary/aromatic N) is 2. The summed E-state index contributed by atoms with van der Waals surface area (Å²) in [6.45, 7) is 0.164. The Labute approximate surface area is 151 Å². The number of aromatic amines is 1. The molecule has 0 aliphatic rings. The quantitative estimate of drug-likeness (QED) is 0.667. The molecule has 1 N–H and O–H groups in total. The Bertz CT molecular complexity index is 929. The maximum atomic E-state index is 12.7. The van der Waals surface area contributed by atoms with Gasteiger partial charge in [0.1, 0.15) is 5.75 Å². The zero-order chi connectivity index (χ0) is 19.4. The summed E-state index contributed by atoms with van der Waals surface area (Å²) in [5.74, 6) is 0.534. The molecule has 0 radical (unpaired) electrons. The third-order valence-electron chi connectivity index (χ3n) is 3.70. The van der Waals surface area contributed by atoms with Crippen LogP contribution in [0, 0.1) is 6.92 Å². The number of para-hydroxylation sites is 2. The summed E-state index contributed by atoms with van der Waals surface area (Å²) in [6.07, 6.45) is 1.63. The molecule has 3 rings (SSSR count). The van der Waals surface area contributed by atoms with Gasteiger partial charge in [-0.05, 0) is 25.1 Å². The Morgan fingerprint density at radius 1 is 1.32 bits per heavy atom. The molecule has 0 aliphatic heterocycles. The number of pyridine rings is 1. The van der Waals surface area contributed by atoms with Crippen LogP contribution in [0.15, 0.2) is 41.7 Å². The molecule has 0 fully saturated rings. The second-order valence-corrected chi connectivity index (χ2v) is 6.79. The Balaban J connectivity index is 1.78. The van der Waals surface area contributed by atoms with Crippen LogP contribution in [0.2, 0.25) is 0 Å². The second kappa shape index (κ2) is 8.22. The predicted molar refractivity (Wildman–Crippen MR) is 97.2 cm³/mol. The monoisotopic (exact) mass is 361 g/mol. The zero-order valence-corrected chi connectivity index (χ0v) is 14.9. The number of benzene rings is 1. The normalized spacial score (nSPS) is 14.2. The average molecular weight is 361 g/mol. The molecule has 132 valence electrons. The first-order chi connectivity index (χ1) is 12.9. The molecule has 0 saturated heterocycles. The van der Waals surface area contributed by atoms with Crippen LogP contribution in [-0.2, 0) is 21.3 Å². The largest absolute Gasteiger partial charge is 0.493 e. The Morgan fingerprint density at radius 2 is 2.16 bits per heavy atom. The van der Waals surface area contributed by atoms with E-state index in [0.29, 0.717) is 22.2 Å². The topological polar surface area (TPSA) is 77.1 Å². The molecular weight excluding hydrogens is 338 g/mol. The summed E-state index contributed by atoms with van der Waals surface area (Å²) < 4.78 is 39.0. The van der Waals surface area contributed by atoms with Crippen molar-refractivity contribution >= 4 is 21.8 Å². The van der Waals surface area contributed by atoms with E-state index in [1.54, 1.807) is 13.0 Å². The van der Waals surface area contributed by atoms with Gasteiger partial charge in [-0.15, -0.1) is 0 Å². The first-order valence-corrected chi connectivity index (χ1v) is 9.17. The van der Waals surface area contributed by atoms with Crippen LogP contribution < -0.4 is 4.74 Å². The third-order valence-corrected chi connectivity index (χ3v) is 4.86. The predicted octanol–water partition coefficient (Wildman–Crippen LogP) is 2.99. The molecule has 0 saturated carbocycles. The lowest BCUT2D eigenvalue weighted by Crippen LogP contribution is -2.06. The molecule has 1 unspecified atom stereocenters. The van der Waals surface area contributed by atoms with Crippen molar-refractivity contribution in [1.82, 2.24) is 15.0 Å². The van der Waals surface area contributed by atoms with Gasteiger partial charge in [-0.2, -0.15) is 0 Å². The number of fused-ring (bicyclic) bond motifs is 1. The fourth-order valence-corrected chi connectivity index (χ4v) is 3.42. The number of imidazole rings is 1. The second-order valence-electron chi connectivity index (χ2n) is 5.42. The van der Waals surface area contributed by atoms with Gasteiger partial charge in [0.2, 0.25) is 0 Å². The van der Waals surface area contributed by atoms with Crippen LogP contribution >= 0.6 is 0 Å². The lowest BCUT2D eigenvalue weighted by atomic mass is 10.2. The molecule has 7 heteroatoms. The maximum Gasteiger partial charge on any atom is 0.197 e. The number of hydrogen-bond acceptors (Lipinski definition) is 5. The summed E-state index contributed by atoms with van der Waals surface area (Å²) in [5.41, 5.74) is 2.82. The molecule has 1 aromatic carbocycles. The van der Waals surface area contributed by atoms with Crippen molar-refractivity contribution in [2.45, 2.75) is 24.3 Å². The van der Waals surface area contributed by atoms with Crippen LogP contribution in [0.1, 0.15) is 20.4 Å². The van der Waals surface area contributed by atoms with Crippen molar-refractivity contribution in [3.05, 3.63) is 47.8 Å². The van der Waals surface area contributed by atoms with Gasteiger partial charge < -0.3 is 14.5 Å². The summed E-state index contributed by atoms with van der Waals surface area (Å²) in [4.78, 5) is 11.7. The molecule has 2 heterocycles. The molecule has 2 aromatic heterocycles. The Hall–Kier alpha value is -2.25. The van der Waals surface area contributed by atoms with Crippen molar-refractivity contribution < 1.29 is 16.4 Å². The number of hydrogen-bond donors (Lipinski definition) is 1. The van der Waals surface area contributed by atoms with Gasteiger partial charge in [-0.1, -0.05) is 12.1 Å². The van der Waals surface area contributed by atoms with E-state index < -0.39 is 17.4 Å². The molecule has 3 aromatic rings. The molecule has 25 heavy (non-hydrogen) atoms. The minimum atomic E-state index is -1.86. The number of aromatic nitrogens is 3. The fourth-order valence-electron chi connectivity index (χ4n) is 2.32. The zero-order valence-electron chi connectivity index (χ0n) is 16.1. The molecule has 0 aliphatic carbocycles. The van der Waals surface area contributed by atoms with Crippen LogP contribution in [-0.4, -0.2) is 39.4 Å². The summed E-state index contributed by atoms with van der Waals surface area (Å²) in [5, 5.41) is 0.388. The minimum absolute atomic E-state index is 0.103. The van der Waals surface area contributed by atoms with Gasteiger partial charge in [0.15, 0.2) is 5.16 Å². The lowest BCUT2D eigenvalue weighted by molar-refractivity contribution is 0.172. The molecule has 6 nitrogen and oxygen atoms in total. The van der Waals surface area contributed by atoms with Gasteiger partial charge in [0.25, 0.3) is 0 Å². The van der Waals surface area contributed by atoms with E-state index in [-0.39, 0.29) is 18.8 Å². The number of rotatable bonds is 8. The van der Waals surface area contributed by atoms with Crippen molar-refractivity contribution in [2.24, 2.45) is 0 Å². The van der Waals surface area contributed by atoms with Crippen molar-refractivity contribution in [1.29, 1.82) is 0 Å². The molecule has 0 bridgehead atoms. The van der Waals surface area contributed by atoms with Crippen LogP contribution in [0.3, 0.4) is 0 Å². The van der Waals surface area contributed by atoms with Crippen molar-refractivity contribution in [3.8, 4) is 5.75 Å². The number of H-pyrrole nitrogens is 1. The highest BCUT2D eigenvalue weighted by Gasteiger charge is 2.14. The van der Waals surface area contributed by atoms with E-state index >= 15 is 0 Å². The van der Waals surface area contributed by atoms with Gasteiger partial charge in [0.05, 0.1) is 42.6 Å². The maximum absolute atomic E-state index is 12.7. The van der Waals surface area contributed by atoms with E-state index in [1.807, 2.05) is 24.3 Å². The molecular formula is C18H21N3O3S. The standard InChI is InChI=1S/C18H21N3O3S/c1-13-16(19-9-8-17(13)24-11-5-10-23-2)12-25(22)18-20-14-6-3-4-7-15(14)21-18/h3-4,6-9H,5,10-12H2,1-2H3,(H,20,21)/i11D2. The SMILES string of the molecule is [2H]C([2H])(CCOC)Oc1ccnc(CS(=O)c2nc3ccccc3[nH]2)c1C. The number of nitrogens with one attached hydrogen (secondary N) is 1. The minimum Gasteiger partial charge on any atom is -0.493 e.